The van der Waals surface area contributed by atoms with Crippen LogP contribution in [0.2, 0.25) is 5.02 Å². The molecule has 94 valence electrons. The molecule has 1 rings (SSSR count). The smallest absolute Gasteiger partial charge is 0.224 e. The van der Waals surface area contributed by atoms with Crippen molar-refractivity contribution in [1.82, 2.24) is 4.90 Å². The van der Waals surface area contributed by atoms with Crippen molar-refractivity contribution in [2.24, 2.45) is 5.73 Å². The van der Waals surface area contributed by atoms with Crippen LogP contribution in [-0.4, -0.2) is 23.9 Å². The van der Waals surface area contributed by atoms with E-state index in [1.54, 1.807) is 11.9 Å². The first-order valence-electron chi connectivity index (χ1n) is 5.68. The van der Waals surface area contributed by atoms with E-state index in [0.29, 0.717) is 11.4 Å². The number of hydrogen-bond donors (Lipinski definition) is 1. The quantitative estimate of drug-likeness (QED) is 0.898. The molecule has 0 aliphatic rings. The average molecular weight is 255 g/mol. The molecule has 0 fully saturated rings. The Labute approximate surface area is 108 Å². The van der Waals surface area contributed by atoms with Crippen molar-refractivity contribution in [3.63, 3.8) is 0 Å². The molecule has 0 aliphatic carbocycles. The molecular formula is C13H19ClN2O. The van der Waals surface area contributed by atoms with Crippen LogP contribution in [0.1, 0.15) is 31.9 Å². The highest BCUT2D eigenvalue weighted by Crippen LogP contribution is 2.22. The minimum atomic E-state index is -0.114. The van der Waals surface area contributed by atoms with Crippen LogP contribution in [0.4, 0.5) is 0 Å². The third kappa shape index (κ3) is 4.02. The number of nitrogens with two attached hydrogens (primary N) is 1. The number of amides is 1. The maximum absolute atomic E-state index is 11.9. The van der Waals surface area contributed by atoms with Crippen molar-refractivity contribution in [2.45, 2.75) is 32.4 Å². The number of benzene rings is 1. The minimum absolute atomic E-state index is 0.0000463. The predicted molar refractivity (Wildman–Crippen MR) is 70.9 cm³/mol. The summed E-state index contributed by atoms with van der Waals surface area (Å²) >= 11 is 5.93. The molecule has 0 bridgehead atoms. The number of carbonyl (C=O) groups excluding carboxylic acids is 1. The molecule has 0 radical (unpaired) electrons. The largest absolute Gasteiger partial charge is 0.339 e. The molecule has 1 amide bonds. The normalized spacial score (nSPS) is 14.2. The first-order valence-corrected chi connectivity index (χ1v) is 6.06. The number of hydrogen-bond acceptors (Lipinski definition) is 2. The lowest BCUT2D eigenvalue weighted by molar-refractivity contribution is -0.132. The van der Waals surface area contributed by atoms with E-state index in [4.69, 9.17) is 17.3 Å². The van der Waals surface area contributed by atoms with Crippen molar-refractivity contribution in [2.75, 3.05) is 7.05 Å². The van der Waals surface area contributed by atoms with Gasteiger partial charge in [0.25, 0.3) is 0 Å². The van der Waals surface area contributed by atoms with Gasteiger partial charge in [0.2, 0.25) is 5.91 Å². The summed E-state index contributed by atoms with van der Waals surface area (Å²) in [6.07, 6.45) is 0.363. The second kappa shape index (κ2) is 6.03. The van der Waals surface area contributed by atoms with Gasteiger partial charge in [-0.2, -0.15) is 0 Å². The summed E-state index contributed by atoms with van der Waals surface area (Å²) in [4.78, 5) is 13.6. The van der Waals surface area contributed by atoms with E-state index in [-0.39, 0.29) is 18.0 Å². The summed E-state index contributed by atoms with van der Waals surface area (Å²) in [5.74, 6) is 0.0486. The van der Waals surface area contributed by atoms with Crippen LogP contribution in [0.15, 0.2) is 24.3 Å². The molecule has 3 nitrogen and oxygen atoms in total. The van der Waals surface area contributed by atoms with E-state index >= 15 is 0 Å². The zero-order chi connectivity index (χ0) is 13.0. The maximum atomic E-state index is 11.9. The van der Waals surface area contributed by atoms with Gasteiger partial charge in [0.05, 0.1) is 6.04 Å². The molecule has 0 saturated heterocycles. The Morgan fingerprint density at radius 2 is 2.12 bits per heavy atom. The Morgan fingerprint density at radius 1 is 1.47 bits per heavy atom. The zero-order valence-corrected chi connectivity index (χ0v) is 11.2. The Balaban J connectivity index is 2.75. The topological polar surface area (TPSA) is 46.3 Å². The first-order chi connectivity index (χ1) is 7.91. The van der Waals surface area contributed by atoms with Crippen molar-refractivity contribution in [3.8, 4) is 0 Å². The van der Waals surface area contributed by atoms with Gasteiger partial charge in [-0.3, -0.25) is 4.79 Å². The third-order valence-electron chi connectivity index (χ3n) is 2.80. The van der Waals surface area contributed by atoms with Crippen LogP contribution in [0.5, 0.6) is 0 Å². The lowest BCUT2D eigenvalue weighted by Gasteiger charge is -2.26. The van der Waals surface area contributed by atoms with Gasteiger partial charge < -0.3 is 10.6 Å². The van der Waals surface area contributed by atoms with E-state index in [1.165, 1.54) is 0 Å². The Bertz CT molecular complexity index is 393. The van der Waals surface area contributed by atoms with Crippen LogP contribution in [-0.2, 0) is 4.79 Å². The lowest BCUT2D eigenvalue weighted by atomic mass is 10.1. The van der Waals surface area contributed by atoms with Crippen molar-refractivity contribution in [1.29, 1.82) is 0 Å². The number of halogens is 1. The van der Waals surface area contributed by atoms with Gasteiger partial charge in [0.1, 0.15) is 0 Å². The molecule has 1 aromatic carbocycles. The summed E-state index contributed by atoms with van der Waals surface area (Å²) in [5.41, 5.74) is 6.65. The second-order valence-electron chi connectivity index (χ2n) is 4.42. The van der Waals surface area contributed by atoms with Crippen molar-refractivity contribution < 1.29 is 4.79 Å². The second-order valence-corrected chi connectivity index (χ2v) is 4.85. The van der Waals surface area contributed by atoms with E-state index < -0.39 is 0 Å². The number of rotatable bonds is 4. The molecule has 0 heterocycles. The summed E-state index contributed by atoms with van der Waals surface area (Å²) < 4.78 is 0. The molecule has 1 aromatic rings. The fourth-order valence-corrected chi connectivity index (χ4v) is 1.82. The molecule has 17 heavy (non-hydrogen) atoms. The van der Waals surface area contributed by atoms with E-state index in [1.807, 2.05) is 38.1 Å². The standard InChI is InChI=1S/C13H19ClN2O/c1-9(15)7-13(17)16(3)10(2)11-5-4-6-12(14)8-11/h4-6,8-10H,7,15H2,1-3H3. The SMILES string of the molecule is CC(N)CC(=O)N(C)C(C)c1cccc(Cl)c1. The van der Waals surface area contributed by atoms with Crippen LogP contribution in [0.3, 0.4) is 0 Å². The van der Waals surface area contributed by atoms with Gasteiger partial charge in [-0.1, -0.05) is 23.7 Å². The van der Waals surface area contributed by atoms with Gasteiger partial charge >= 0.3 is 0 Å². The fourth-order valence-electron chi connectivity index (χ4n) is 1.63. The Hall–Kier alpha value is -1.06. The van der Waals surface area contributed by atoms with Gasteiger partial charge in [0.15, 0.2) is 0 Å². The van der Waals surface area contributed by atoms with Crippen LogP contribution < -0.4 is 5.73 Å². The maximum Gasteiger partial charge on any atom is 0.224 e. The summed E-state index contributed by atoms with van der Waals surface area (Å²) in [6, 6.07) is 7.43. The number of carbonyl (C=O) groups is 1. The molecule has 2 N–H and O–H groups in total. The highest BCUT2D eigenvalue weighted by molar-refractivity contribution is 6.30. The third-order valence-corrected chi connectivity index (χ3v) is 3.04. The van der Waals surface area contributed by atoms with Crippen LogP contribution in [0, 0.1) is 0 Å². The predicted octanol–water partition coefficient (Wildman–Crippen LogP) is 2.60. The van der Waals surface area contributed by atoms with E-state index in [0.717, 1.165) is 5.56 Å². The molecule has 0 saturated carbocycles. The highest BCUT2D eigenvalue weighted by atomic mass is 35.5. The van der Waals surface area contributed by atoms with Gasteiger partial charge in [-0.25, -0.2) is 0 Å². The monoisotopic (exact) mass is 254 g/mol. The van der Waals surface area contributed by atoms with Crippen molar-refractivity contribution in [3.05, 3.63) is 34.9 Å². The summed E-state index contributed by atoms with van der Waals surface area (Å²) in [7, 11) is 1.79. The van der Waals surface area contributed by atoms with E-state index in [2.05, 4.69) is 0 Å². The average Bonchev–Trinajstić information content (AvgIpc) is 2.26. The van der Waals surface area contributed by atoms with Crippen LogP contribution >= 0.6 is 11.6 Å². The molecule has 0 aromatic heterocycles. The molecule has 0 aliphatic heterocycles. The summed E-state index contributed by atoms with van der Waals surface area (Å²) in [6.45, 7) is 3.81. The fraction of sp³-hybridized carbons (Fsp3) is 0.462. The number of nitrogens with zero attached hydrogens (tertiary/aromatic N) is 1. The highest BCUT2D eigenvalue weighted by Gasteiger charge is 2.18. The minimum Gasteiger partial charge on any atom is -0.339 e. The Morgan fingerprint density at radius 3 is 2.65 bits per heavy atom. The zero-order valence-electron chi connectivity index (χ0n) is 10.5. The molecule has 0 spiro atoms. The Kier molecular flexibility index (Phi) is 4.97. The first kappa shape index (κ1) is 14.0. The molecule has 2 unspecified atom stereocenters. The van der Waals surface area contributed by atoms with Gasteiger partial charge in [-0.05, 0) is 31.5 Å². The van der Waals surface area contributed by atoms with Crippen LogP contribution in [0.25, 0.3) is 0 Å². The lowest BCUT2D eigenvalue weighted by Crippen LogP contribution is -2.33. The molecular weight excluding hydrogens is 236 g/mol. The van der Waals surface area contributed by atoms with E-state index in [9.17, 15) is 4.79 Å². The summed E-state index contributed by atoms with van der Waals surface area (Å²) in [5, 5.41) is 0.683. The van der Waals surface area contributed by atoms with Crippen molar-refractivity contribution >= 4 is 17.5 Å². The van der Waals surface area contributed by atoms with Gasteiger partial charge in [0, 0.05) is 24.5 Å². The van der Waals surface area contributed by atoms with Gasteiger partial charge in [-0.15, -0.1) is 0 Å². The molecule has 2 atom stereocenters. The molecule has 4 heteroatoms.